The highest BCUT2D eigenvalue weighted by molar-refractivity contribution is 5.77. The molecule has 0 fully saturated rings. The van der Waals surface area contributed by atoms with Crippen molar-refractivity contribution in [2.24, 2.45) is 0 Å². The van der Waals surface area contributed by atoms with Gasteiger partial charge in [0, 0.05) is 13.0 Å². The van der Waals surface area contributed by atoms with Gasteiger partial charge in [0.05, 0.1) is 0 Å². The summed E-state index contributed by atoms with van der Waals surface area (Å²) in [7, 11) is 3.56. The van der Waals surface area contributed by atoms with Crippen LogP contribution >= 0.6 is 0 Å². The van der Waals surface area contributed by atoms with Crippen LogP contribution in [-0.2, 0) is 9.59 Å². The van der Waals surface area contributed by atoms with Crippen LogP contribution in [0.5, 0.6) is 0 Å². The third-order valence-electron chi connectivity index (χ3n) is 4.83. The van der Waals surface area contributed by atoms with E-state index in [1.807, 2.05) is 6.08 Å². The van der Waals surface area contributed by atoms with Crippen LogP contribution < -0.4 is 5.32 Å². The van der Waals surface area contributed by atoms with E-state index < -0.39 is 12.0 Å². The van der Waals surface area contributed by atoms with Crippen molar-refractivity contribution in [2.75, 3.05) is 20.6 Å². The number of aliphatic carboxylic acids is 1. The van der Waals surface area contributed by atoms with Crippen molar-refractivity contribution in [2.45, 2.75) is 96.4 Å². The summed E-state index contributed by atoms with van der Waals surface area (Å²) in [5.41, 5.74) is 0. The molecule has 0 saturated carbocycles. The number of rotatable bonds is 18. The average molecular weight is 383 g/mol. The molecule has 1 amide bonds. The molecule has 0 spiro atoms. The number of carbonyl (C=O) groups is 2. The Morgan fingerprint density at radius 3 is 2.15 bits per heavy atom. The molecule has 5 heteroatoms. The van der Waals surface area contributed by atoms with E-state index in [0.29, 0.717) is 19.4 Å². The third kappa shape index (κ3) is 16.5. The van der Waals surface area contributed by atoms with Crippen molar-refractivity contribution < 1.29 is 14.7 Å². The van der Waals surface area contributed by atoms with Crippen LogP contribution in [0.25, 0.3) is 0 Å². The highest BCUT2D eigenvalue weighted by Crippen LogP contribution is 2.10. The molecule has 0 aliphatic carbocycles. The number of unbranched alkanes of at least 4 members (excludes halogenated alkanes) is 9. The first-order valence-corrected chi connectivity index (χ1v) is 10.8. The minimum atomic E-state index is -0.786. The second kappa shape index (κ2) is 18.0. The Hall–Kier alpha value is -1.36. The third-order valence-corrected chi connectivity index (χ3v) is 4.83. The number of amides is 1. The lowest BCUT2D eigenvalue weighted by Gasteiger charge is -2.19. The summed E-state index contributed by atoms with van der Waals surface area (Å²) in [6, 6.07) is -0.444. The molecule has 0 bridgehead atoms. The molecule has 5 nitrogen and oxygen atoms in total. The van der Waals surface area contributed by atoms with E-state index in [2.05, 4.69) is 18.3 Å². The Morgan fingerprint density at radius 2 is 1.56 bits per heavy atom. The van der Waals surface area contributed by atoms with E-state index in [-0.39, 0.29) is 5.91 Å². The van der Waals surface area contributed by atoms with Gasteiger partial charge in [-0.2, -0.15) is 0 Å². The Balaban J connectivity index is 3.50. The van der Waals surface area contributed by atoms with Gasteiger partial charge in [-0.3, -0.25) is 14.5 Å². The fourth-order valence-corrected chi connectivity index (χ4v) is 3.07. The molecule has 0 aromatic heterocycles. The fraction of sp³-hybridized carbons (Fsp3) is 0.818. The van der Waals surface area contributed by atoms with Crippen molar-refractivity contribution in [3.05, 3.63) is 12.2 Å². The van der Waals surface area contributed by atoms with Crippen molar-refractivity contribution in [1.82, 2.24) is 10.2 Å². The lowest BCUT2D eigenvalue weighted by Crippen LogP contribution is -2.35. The van der Waals surface area contributed by atoms with Gasteiger partial charge in [-0.15, -0.1) is 0 Å². The van der Waals surface area contributed by atoms with Crippen LogP contribution in [0.15, 0.2) is 12.2 Å². The molecule has 0 aliphatic rings. The normalized spacial score (nSPS) is 12.6. The summed E-state index contributed by atoms with van der Waals surface area (Å²) in [4.78, 5) is 24.5. The summed E-state index contributed by atoms with van der Waals surface area (Å²) >= 11 is 0. The number of likely N-dealkylation sites (N-methyl/N-ethyl adjacent to an activating group) is 1. The lowest BCUT2D eigenvalue weighted by atomic mass is 10.1. The van der Waals surface area contributed by atoms with Crippen molar-refractivity contribution in [3.8, 4) is 0 Å². The molecule has 2 N–H and O–H groups in total. The number of nitrogens with one attached hydrogen (secondary N) is 1. The average Bonchev–Trinajstić information content (AvgIpc) is 2.61. The maximum Gasteiger partial charge on any atom is 0.320 e. The monoisotopic (exact) mass is 382 g/mol. The second-order valence-electron chi connectivity index (χ2n) is 7.60. The molecule has 158 valence electrons. The van der Waals surface area contributed by atoms with Crippen LogP contribution in [0.1, 0.15) is 90.4 Å². The van der Waals surface area contributed by atoms with Crippen LogP contribution in [0.2, 0.25) is 0 Å². The van der Waals surface area contributed by atoms with E-state index in [1.165, 1.54) is 51.4 Å². The predicted octanol–water partition coefficient (Wildman–Crippen LogP) is 4.76. The molecule has 0 aromatic carbocycles. The molecular formula is C22H42N2O3. The summed E-state index contributed by atoms with van der Waals surface area (Å²) in [5, 5.41) is 12.0. The first kappa shape index (κ1) is 25.6. The molecule has 0 unspecified atom stereocenters. The number of allylic oxidation sites excluding steroid dienone is 1. The first-order valence-electron chi connectivity index (χ1n) is 10.8. The SMILES string of the molecule is CCCCCCCCCC/C=C/CC(=O)NCCCC[C@@H](C(=O)O)N(C)C. The zero-order valence-electron chi connectivity index (χ0n) is 17.8. The maximum atomic E-state index is 11.8. The quantitative estimate of drug-likeness (QED) is 0.265. The number of nitrogens with zero attached hydrogens (tertiary/aromatic N) is 1. The molecule has 0 saturated heterocycles. The van der Waals surface area contributed by atoms with Gasteiger partial charge in [0.2, 0.25) is 5.91 Å². The van der Waals surface area contributed by atoms with Crippen molar-refractivity contribution in [1.29, 1.82) is 0 Å². The number of carboxylic acid groups (broad SMARTS) is 1. The minimum absolute atomic E-state index is 0.0459. The van der Waals surface area contributed by atoms with Gasteiger partial charge >= 0.3 is 5.97 Å². The molecule has 0 heterocycles. The van der Waals surface area contributed by atoms with Gasteiger partial charge < -0.3 is 10.4 Å². The molecular weight excluding hydrogens is 340 g/mol. The predicted molar refractivity (Wildman–Crippen MR) is 113 cm³/mol. The molecule has 27 heavy (non-hydrogen) atoms. The van der Waals surface area contributed by atoms with Gasteiger partial charge in [-0.25, -0.2) is 0 Å². The second-order valence-corrected chi connectivity index (χ2v) is 7.60. The number of hydrogen-bond acceptors (Lipinski definition) is 3. The van der Waals surface area contributed by atoms with Crippen LogP contribution in [-0.4, -0.2) is 48.6 Å². The summed E-state index contributed by atoms with van der Waals surface area (Å²) < 4.78 is 0. The molecule has 0 aromatic rings. The van der Waals surface area contributed by atoms with Gasteiger partial charge in [0.15, 0.2) is 0 Å². The van der Waals surface area contributed by atoms with Crippen LogP contribution in [0, 0.1) is 0 Å². The number of carboxylic acids is 1. The number of hydrogen-bond donors (Lipinski definition) is 2. The highest BCUT2D eigenvalue weighted by Gasteiger charge is 2.18. The zero-order valence-corrected chi connectivity index (χ0v) is 17.8. The highest BCUT2D eigenvalue weighted by atomic mass is 16.4. The lowest BCUT2D eigenvalue weighted by molar-refractivity contribution is -0.142. The molecule has 1 atom stereocenters. The van der Waals surface area contributed by atoms with E-state index in [4.69, 9.17) is 5.11 Å². The standard InChI is InChI=1S/C22H42N2O3/c1-4-5-6-7-8-9-10-11-12-13-14-18-21(25)23-19-16-15-17-20(22(26)27)24(2)3/h13-14,20H,4-12,15-19H2,1-3H3,(H,23,25)(H,26,27)/b14-13+/t20-/m0/s1. The summed E-state index contributed by atoms with van der Waals surface area (Å²) in [6.07, 6.45) is 18.4. The molecule has 0 rings (SSSR count). The largest absolute Gasteiger partial charge is 0.480 e. The summed E-state index contributed by atoms with van der Waals surface area (Å²) in [5.74, 6) is -0.741. The maximum absolute atomic E-state index is 11.8. The minimum Gasteiger partial charge on any atom is -0.480 e. The van der Waals surface area contributed by atoms with Crippen LogP contribution in [0.3, 0.4) is 0 Å². The Labute approximate surface area is 166 Å². The van der Waals surface area contributed by atoms with E-state index in [9.17, 15) is 9.59 Å². The topological polar surface area (TPSA) is 69.6 Å². The Kier molecular flexibility index (Phi) is 17.1. The van der Waals surface area contributed by atoms with Crippen molar-refractivity contribution >= 4 is 11.9 Å². The Morgan fingerprint density at radius 1 is 0.926 bits per heavy atom. The summed E-state index contributed by atoms with van der Waals surface area (Å²) in [6.45, 7) is 2.86. The van der Waals surface area contributed by atoms with Crippen LogP contribution in [0.4, 0.5) is 0 Å². The first-order chi connectivity index (χ1) is 13.0. The van der Waals surface area contributed by atoms with Gasteiger partial charge in [0.1, 0.15) is 6.04 Å². The van der Waals surface area contributed by atoms with E-state index in [1.54, 1.807) is 19.0 Å². The smallest absolute Gasteiger partial charge is 0.320 e. The Bertz CT molecular complexity index is 408. The molecule has 0 radical (unpaired) electrons. The van der Waals surface area contributed by atoms with E-state index >= 15 is 0 Å². The van der Waals surface area contributed by atoms with Gasteiger partial charge in [0.25, 0.3) is 0 Å². The molecule has 0 aliphatic heterocycles. The van der Waals surface area contributed by atoms with E-state index in [0.717, 1.165) is 19.3 Å². The number of carbonyl (C=O) groups excluding carboxylic acids is 1. The van der Waals surface area contributed by atoms with Gasteiger partial charge in [-0.05, 0) is 46.2 Å². The fourth-order valence-electron chi connectivity index (χ4n) is 3.07. The van der Waals surface area contributed by atoms with Crippen molar-refractivity contribution in [3.63, 3.8) is 0 Å². The zero-order chi connectivity index (χ0) is 20.3. The van der Waals surface area contributed by atoms with Gasteiger partial charge in [-0.1, -0.05) is 64.0 Å².